The maximum Gasteiger partial charge on any atom is 0.159 e. The molecule has 3 rings (SSSR count). The summed E-state index contributed by atoms with van der Waals surface area (Å²) < 4.78 is 0. The Labute approximate surface area is 172 Å². The van der Waals surface area contributed by atoms with Crippen LogP contribution in [0, 0.1) is 5.92 Å². The number of rotatable bonds is 10. The van der Waals surface area contributed by atoms with Gasteiger partial charge in [-0.25, -0.2) is 9.97 Å². The molecule has 1 aliphatic carbocycles. The Balaban J connectivity index is 1.59. The molecule has 1 heterocycles. The van der Waals surface area contributed by atoms with Gasteiger partial charge in [0.2, 0.25) is 0 Å². The Morgan fingerprint density at radius 2 is 1.50 bits per heavy atom. The zero-order valence-corrected chi connectivity index (χ0v) is 18.0. The van der Waals surface area contributed by atoms with Crippen LogP contribution in [0.1, 0.15) is 102 Å². The Hall–Kier alpha value is -1.70. The molecule has 0 saturated heterocycles. The van der Waals surface area contributed by atoms with Gasteiger partial charge in [0, 0.05) is 18.0 Å². The van der Waals surface area contributed by atoms with Gasteiger partial charge in [-0.1, -0.05) is 76.6 Å². The lowest BCUT2D eigenvalue weighted by molar-refractivity contribution is 0.302. The molecule has 0 spiro atoms. The van der Waals surface area contributed by atoms with Gasteiger partial charge in [-0.05, 0) is 61.5 Å². The average molecular weight is 379 g/mol. The van der Waals surface area contributed by atoms with E-state index in [0.717, 1.165) is 18.2 Å². The van der Waals surface area contributed by atoms with Crippen molar-refractivity contribution in [1.82, 2.24) is 9.97 Å². The van der Waals surface area contributed by atoms with E-state index in [0.29, 0.717) is 5.92 Å². The molecule has 0 aliphatic heterocycles. The molecule has 28 heavy (non-hydrogen) atoms. The third-order valence-corrected chi connectivity index (χ3v) is 6.51. The van der Waals surface area contributed by atoms with Gasteiger partial charge in [0.05, 0.1) is 0 Å². The van der Waals surface area contributed by atoms with E-state index < -0.39 is 0 Å². The fourth-order valence-corrected chi connectivity index (χ4v) is 4.68. The van der Waals surface area contributed by atoms with Crippen molar-refractivity contribution in [2.45, 2.75) is 96.8 Å². The summed E-state index contributed by atoms with van der Waals surface area (Å²) in [7, 11) is 0. The van der Waals surface area contributed by atoms with Crippen molar-refractivity contribution in [3.63, 3.8) is 0 Å². The van der Waals surface area contributed by atoms with Gasteiger partial charge < -0.3 is 0 Å². The van der Waals surface area contributed by atoms with Gasteiger partial charge in [-0.15, -0.1) is 0 Å². The Kier molecular flexibility index (Phi) is 8.51. The molecule has 1 fully saturated rings. The van der Waals surface area contributed by atoms with Gasteiger partial charge in [-0.2, -0.15) is 0 Å². The van der Waals surface area contributed by atoms with Crippen LogP contribution >= 0.6 is 0 Å². The second-order valence-corrected chi connectivity index (χ2v) is 8.67. The highest BCUT2D eigenvalue weighted by Crippen LogP contribution is 2.37. The summed E-state index contributed by atoms with van der Waals surface area (Å²) in [4.78, 5) is 9.56. The monoisotopic (exact) mass is 378 g/mol. The van der Waals surface area contributed by atoms with Crippen LogP contribution in [0.5, 0.6) is 0 Å². The lowest BCUT2D eigenvalue weighted by Gasteiger charge is -2.28. The van der Waals surface area contributed by atoms with E-state index in [2.05, 4.69) is 50.5 Å². The van der Waals surface area contributed by atoms with Crippen LogP contribution in [0.2, 0.25) is 0 Å². The number of aromatic nitrogens is 2. The predicted molar refractivity (Wildman–Crippen MR) is 120 cm³/mol. The number of benzene rings is 1. The highest BCUT2D eigenvalue weighted by molar-refractivity contribution is 5.60. The molecule has 1 aromatic heterocycles. The van der Waals surface area contributed by atoms with Crippen molar-refractivity contribution in [2.24, 2.45) is 5.92 Å². The minimum absolute atomic E-state index is 0.663. The summed E-state index contributed by atoms with van der Waals surface area (Å²) in [6, 6.07) is 8.66. The fourth-order valence-electron chi connectivity index (χ4n) is 4.68. The van der Waals surface area contributed by atoms with Crippen LogP contribution in [-0.4, -0.2) is 9.97 Å². The standard InChI is InChI=1S/C26H38N2/c1-3-5-7-11-21-15-17-22(18-16-21)24-19-27-26(28-20-24)25-14-10-9-13-23(25)12-8-6-4-2/h9-10,13-14,19-22H,3-8,11-12,15-18H2,1-2H3. The summed E-state index contributed by atoms with van der Waals surface area (Å²) >= 11 is 0. The van der Waals surface area contributed by atoms with E-state index in [1.54, 1.807) is 0 Å². The molecule has 0 bridgehead atoms. The second-order valence-electron chi connectivity index (χ2n) is 8.67. The second kappa shape index (κ2) is 11.3. The van der Waals surface area contributed by atoms with Crippen LogP contribution in [0.4, 0.5) is 0 Å². The van der Waals surface area contributed by atoms with Crippen molar-refractivity contribution < 1.29 is 0 Å². The van der Waals surface area contributed by atoms with E-state index in [-0.39, 0.29) is 0 Å². The van der Waals surface area contributed by atoms with E-state index in [1.165, 1.54) is 87.3 Å². The van der Waals surface area contributed by atoms with Crippen molar-refractivity contribution in [2.75, 3.05) is 0 Å². The number of nitrogens with zero attached hydrogens (tertiary/aromatic N) is 2. The van der Waals surface area contributed by atoms with Crippen molar-refractivity contribution in [3.05, 3.63) is 47.8 Å². The van der Waals surface area contributed by atoms with Gasteiger partial charge in [-0.3, -0.25) is 0 Å². The van der Waals surface area contributed by atoms with Gasteiger partial charge >= 0.3 is 0 Å². The summed E-state index contributed by atoms with van der Waals surface area (Å²) in [5.41, 5.74) is 3.94. The quantitative estimate of drug-likeness (QED) is 0.395. The number of hydrogen-bond donors (Lipinski definition) is 0. The van der Waals surface area contributed by atoms with Crippen LogP contribution in [0.25, 0.3) is 11.4 Å². The van der Waals surface area contributed by atoms with Crippen LogP contribution < -0.4 is 0 Å². The average Bonchev–Trinajstić information content (AvgIpc) is 2.75. The first-order valence-corrected chi connectivity index (χ1v) is 11.7. The van der Waals surface area contributed by atoms with Gasteiger partial charge in [0.1, 0.15) is 0 Å². The molecule has 152 valence electrons. The summed E-state index contributed by atoms with van der Waals surface area (Å²) in [6.07, 6.45) is 20.1. The number of hydrogen-bond acceptors (Lipinski definition) is 2. The molecular formula is C26H38N2. The number of aryl methyl sites for hydroxylation is 1. The van der Waals surface area contributed by atoms with Crippen LogP contribution in [0.3, 0.4) is 0 Å². The third kappa shape index (κ3) is 5.90. The Morgan fingerprint density at radius 3 is 2.21 bits per heavy atom. The maximum absolute atomic E-state index is 4.78. The molecule has 1 aromatic carbocycles. The largest absolute Gasteiger partial charge is 0.236 e. The lowest BCUT2D eigenvalue weighted by Crippen LogP contribution is -2.14. The smallest absolute Gasteiger partial charge is 0.159 e. The highest BCUT2D eigenvalue weighted by Gasteiger charge is 2.22. The van der Waals surface area contributed by atoms with E-state index in [9.17, 15) is 0 Å². The normalized spacial score (nSPS) is 19.6. The molecule has 0 atom stereocenters. The maximum atomic E-state index is 4.78. The summed E-state index contributed by atoms with van der Waals surface area (Å²) in [5.74, 6) is 2.51. The van der Waals surface area contributed by atoms with Crippen molar-refractivity contribution >= 4 is 0 Å². The van der Waals surface area contributed by atoms with Crippen molar-refractivity contribution in [3.8, 4) is 11.4 Å². The summed E-state index contributed by atoms with van der Waals surface area (Å²) in [5, 5.41) is 0. The molecule has 0 unspecified atom stereocenters. The zero-order chi connectivity index (χ0) is 19.6. The first-order chi connectivity index (χ1) is 13.8. The van der Waals surface area contributed by atoms with E-state index >= 15 is 0 Å². The molecule has 0 amide bonds. The van der Waals surface area contributed by atoms with E-state index in [1.807, 2.05) is 0 Å². The lowest BCUT2D eigenvalue weighted by atomic mass is 9.77. The predicted octanol–water partition coefficient (Wildman–Crippen LogP) is 7.73. The Bertz CT molecular complexity index is 684. The molecule has 2 heteroatoms. The SMILES string of the molecule is CCCCCc1ccccc1-c1ncc(C2CCC(CCCCC)CC2)cn1. The molecule has 2 nitrogen and oxygen atoms in total. The van der Waals surface area contributed by atoms with E-state index in [4.69, 9.17) is 9.97 Å². The van der Waals surface area contributed by atoms with Crippen LogP contribution in [0.15, 0.2) is 36.7 Å². The van der Waals surface area contributed by atoms with Gasteiger partial charge in [0.25, 0.3) is 0 Å². The molecular weight excluding hydrogens is 340 g/mol. The molecule has 0 radical (unpaired) electrons. The minimum atomic E-state index is 0.663. The highest BCUT2D eigenvalue weighted by atomic mass is 14.9. The first kappa shape index (κ1) is 21.0. The summed E-state index contributed by atoms with van der Waals surface area (Å²) in [6.45, 7) is 4.55. The third-order valence-electron chi connectivity index (χ3n) is 6.51. The Morgan fingerprint density at radius 1 is 0.821 bits per heavy atom. The molecule has 1 saturated carbocycles. The molecule has 2 aromatic rings. The molecule has 0 N–H and O–H groups in total. The fraction of sp³-hybridized carbons (Fsp3) is 0.615. The number of unbranched alkanes of at least 4 members (excludes halogenated alkanes) is 4. The van der Waals surface area contributed by atoms with Gasteiger partial charge in [0.15, 0.2) is 5.82 Å². The van der Waals surface area contributed by atoms with Crippen molar-refractivity contribution in [1.29, 1.82) is 0 Å². The van der Waals surface area contributed by atoms with Crippen LogP contribution in [-0.2, 0) is 6.42 Å². The minimum Gasteiger partial charge on any atom is -0.236 e. The zero-order valence-electron chi connectivity index (χ0n) is 18.0. The first-order valence-electron chi connectivity index (χ1n) is 11.7. The topological polar surface area (TPSA) is 25.8 Å². The molecule has 1 aliphatic rings.